The first kappa shape index (κ1) is 24.2. The van der Waals surface area contributed by atoms with Crippen LogP contribution in [0.15, 0.2) is 0 Å². The van der Waals surface area contributed by atoms with Crippen LogP contribution in [-0.2, 0) is 0 Å². The van der Waals surface area contributed by atoms with Crippen LogP contribution in [0.2, 0.25) is 0 Å². The van der Waals surface area contributed by atoms with E-state index in [2.05, 4.69) is 0 Å². The molecule has 0 rings (SSSR count). The number of hydrogen-bond donors (Lipinski definition) is 0. The fraction of sp³-hybridized carbons (Fsp3) is 0. The summed E-state index contributed by atoms with van der Waals surface area (Å²) >= 11 is 0. The molecule has 7 heavy (non-hydrogen) atoms. The van der Waals surface area contributed by atoms with E-state index in [0.717, 1.165) is 0 Å². The number of nitrogens with zero attached hydrogens (tertiary/aromatic N) is 1. The van der Waals surface area contributed by atoms with Crippen molar-refractivity contribution in [3.8, 4) is 0 Å². The molecule has 0 saturated heterocycles. The minimum absolute atomic E-state index is 0. The second kappa shape index (κ2) is 15.7. The van der Waals surface area contributed by atoms with Gasteiger partial charge in [-0.3, -0.25) is 0 Å². The van der Waals surface area contributed by atoms with Gasteiger partial charge in [-0.15, -0.1) is 0 Å². The minimum atomic E-state index is -1.75. The summed E-state index contributed by atoms with van der Waals surface area (Å²) in [4.78, 5) is 8.25. The molecule has 0 aliphatic carbocycles. The molecule has 0 radical (unpaired) electrons. The van der Waals surface area contributed by atoms with Gasteiger partial charge in [-0.25, -0.2) is 0 Å². The van der Waals surface area contributed by atoms with Crippen LogP contribution in [0.4, 0.5) is 0 Å². The Morgan fingerprint density at radius 3 is 1.29 bits per heavy atom. The molecule has 0 amide bonds. The zero-order valence-electron chi connectivity index (χ0n) is 3.17. The maximum atomic E-state index is 8.25. The Balaban J connectivity index is -0.0000000150. The van der Waals surface area contributed by atoms with Crippen molar-refractivity contribution in [2.24, 2.45) is 0 Å². The first-order valence-electron chi connectivity index (χ1n) is 0.548. The molecule has 34 valence electrons. The summed E-state index contributed by atoms with van der Waals surface area (Å²) in [7, 11) is 0. The third-order valence-electron chi connectivity index (χ3n) is 0. The first-order valence-corrected chi connectivity index (χ1v) is 0.548. The SMILES string of the molecule is O.O=[N+]([O-])[O-].[Na+].[NaH]. The summed E-state index contributed by atoms with van der Waals surface area (Å²) < 4.78 is 0. The van der Waals surface area contributed by atoms with E-state index < -0.39 is 5.09 Å². The summed E-state index contributed by atoms with van der Waals surface area (Å²) in [5.41, 5.74) is 0. The van der Waals surface area contributed by atoms with Crippen molar-refractivity contribution >= 4 is 29.6 Å². The fourth-order valence-corrected chi connectivity index (χ4v) is 0. The van der Waals surface area contributed by atoms with E-state index in [-0.39, 0.29) is 64.6 Å². The second-order valence-corrected chi connectivity index (χ2v) is 0.224. The normalized spacial score (nSPS) is 3.43. The first-order chi connectivity index (χ1) is 1.73. The fourth-order valence-electron chi connectivity index (χ4n) is 0. The molecule has 0 aromatic rings. The third kappa shape index (κ3) is 142. The van der Waals surface area contributed by atoms with Crippen molar-refractivity contribution in [3.63, 3.8) is 0 Å². The molecule has 0 fully saturated rings. The summed E-state index contributed by atoms with van der Waals surface area (Å²) in [5, 5.41) is 14.8. The molecular formula is H3NNa2O4. The van der Waals surface area contributed by atoms with E-state index in [0.29, 0.717) is 0 Å². The van der Waals surface area contributed by atoms with Gasteiger partial charge in [0.1, 0.15) is 0 Å². The van der Waals surface area contributed by atoms with Crippen LogP contribution in [0, 0.1) is 15.3 Å². The molecule has 0 heterocycles. The standard InChI is InChI=1S/NO3.2Na.H2O.H/c2-1(3)4;;;;/h;;;1H2;/q-1;;+1;;. The second-order valence-electron chi connectivity index (χ2n) is 0.224. The molecule has 0 aromatic carbocycles. The van der Waals surface area contributed by atoms with Gasteiger partial charge in [-0.1, -0.05) is 0 Å². The Morgan fingerprint density at radius 2 is 1.29 bits per heavy atom. The van der Waals surface area contributed by atoms with Gasteiger partial charge in [0, 0.05) is 0 Å². The van der Waals surface area contributed by atoms with Crippen molar-refractivity contribution in [2.45, 2.75) is 0 Å². The van der Waals surface area contributed by atoms with Crippen molar-refractivity contribution in [3.05, 3.63) is 15.3 Å². The third-order valence-corrected chi connectivity index (χ3v) is 0. The van der Waals surface area contributed by atoms with Gasteiger partial charge in [-0.05, 0) is 0 Å². The molecular weight excluding hydrogens is 124 g/mol. The van der Waals surface area contributed by atoms with E-state index in [9.17, 15) is 0 Å². The average molecular weight is 127 g/mol. The Morgan fingerprint density at radius 1 is 1.29 bits per heavy atom. The van der Waals surface area contributed by atoms with Crippen LogP contribution >= 0.6 is 0 Å². The van der Waals surface area contributed by atoms with E-state index in [1.807, 2.05) is 0 Å². The zero-order valence-corrected chi connectivity index (χ0v) is 5.17. The Hall–Kier alpha value is 1.16. The van der Waals surface area contributed by atoms with Gasteiger partial charge >= 0.3 is 59.1 Å². The van der Waals surface area contributed by atoms with Gasteiger partial charge in [-0.2, -0.15) is 0 Å². The molecule has 0 atom stereocenters. The number of hydrogen-bond acceptors (Lipinski definition) is 3. The molecule has 0 spiro atoms. The van der Waals surface area contributed by atoms with E-state index >= 15 is 0 Å². The van der Waals surface area contributed by atoms with Crippen LogP contribution in [-0.4, -0.2) is 40.1 Å². The zero-order chi connectivity index (χ0) is 3.58. The Bertz CT molecular complexity index is 32.7. The summed E-state index contributed by atoms with van der Waals surface area (Å²) in [6.45, 7) is 0. The summed E-state index contributed by atoms with van der Waals surface area (Å²) in [6.07, 6.45) is 0. The Labute approximate surface area is 84.1 Å². The van der Waals surface area contributed by atoms with Gasteiger partial charge in [0.05, 0.1) is 5.09 Å². The van der Waals surface area contributed by atoms with Gasteiger partial charge < -0.3 is 20.8 Å². The van der Waals surface area contributed by atoms with Crippen LogP contribution in [0.3, 0.4) is 0 Å². The van der Waals surface area contributed by atoms with Crippen LogP contribution in [0.25, 0.3) is 0 Å². The molecule has 2 N–H and O–H groups in total. The average Bonchev–Trinajstić information content (AvgIpc) is 0.811. The predicted octanol–water partition coefficient (Wildman–Crippen LogP) is -4.71. The molecule has 5 nitrogen and oxygen atoms in total. The van der Waals surface area contributed by atoms with Gasteiger partial charge in [0.25, 0.3) is 0 Å². The van der Waals surface area contributed by atoms with Crippen molar-refractivity contribution in [1.29, 1.82) is 0 Å². The van der Waals surface area contributed by atoms with Crippen molar-refractivity contribution < 1.29 is 40.1 Å². The maximum absolute atomic E-state index is 8.25. The predicted molar refractivity (Wildman–Crippen MR) is 21.1 cm³/mol. The number of rotatable bonds is 0. The topological polar surface area (TPSA) is 97.7 Å². The van der Waals surface area contributed by atoms with Crippen LogP contribution in [0.1, 0.15) is 0 Å². The van der Waals surface area contributed by atoms with E-state index in [4.69, 9.17) is 15.3 Å². The molecule has 0 bridgehead atoms. The molecule has 0 aromatic heterocycles. The van der Waals surface area contributed by atoms with E-state index in [1.54, 1.807) is 0 Å². The monoisotopic (exact) mass is 127 g/mol. The molecule has 0 unspecified atom stereocenters. The Kier molecular flexibility index (Phi) is 54.2. The summed E-state index contributed by atoms with van der Waals surface area (Å²) in [6, 6.07) is 0. The summed E-state index contributed by atoms with van der Waals surface area (Å²) in [5.74, 6) is 0. The van der Waals surface area contributed by atoms with E-state index in [1.165, 1.54) is 0 Å². The van der Waals surface area contributed by atoms with Crippen LogP contribution < -0.4 is 29.6 Å². The molecule has 0 aliphatic rings. The quantitative estimate of drug-likeness (QED) is 0.185. The van der Waals surface area contributed by atoms with Crippen molar-refractivity contribution in [1.82, 2.24) is 0 Å². The van der Waals surface area contributed by atoms with Gasteiger partial charge in [0.15, 0.2) is 0 Å². The van der Waals surface area contributed by atoms with Crippen LogP contribution in [0.5, 0.6) is 0 Å². The van der Waals surface area contributed by atoms with Gasteiger partial charge in [0.2, 0.25) is 0 Å². The molecule has 0 aliphatic heterocycles. The molecule has 7 heteroatoms. The van der Waals surface area contributed by atoms with Crippen molar-refractivity contribution in [2.75, 3.05) is 0 Å². The molecule has 0 saturated carbocycles.